The Balaban J connectivity index is 2.17. The Bertz CT molecular complexity index is 556. The van der Waals surface area contributed by atoms with Crippen molar-refractivity contribution in [1.29, 1.82) is 0 Å². The monoisotopic (exact) mass is 297 g/mol. The van der Waals surface area contributed by atoms with Crippen LogP contribution in [0.4, 0.5) is 0 Å². The molecule has 1 fully saturated rings. The molecule has 6 heteroatoms. The smallest absolute Gasteiger partial charge is 0.254 e. The van der Waals surface area contributed by atoms with Gasteiger partial charge >= 0.3 is 0 Å². The zero-order valence-corrected chi connectivity index (χ0v) is 12.1. The Morgan fingerprint density at radius 3 is 2.55 bits per heavy atom. The minimum Gasteiger partial charge on any atom is -0.396 e. The topological polar surface area (TPSA) is 74.7 Å². The van der Waals surface area contributed by atoms with E-state index in [0.29, 0.717) is 24.9 Å². The van der Waals surface area contributed by atoms with E-state index in [1.807, 2.05) is 6.07 Å². The van der Waals surface area contributed by atoms with Crippen molar-refractivity contribution in [2.45, 2.75) is 18.9 Å². The normalized spacial score (nSPS) is 20.8. The van der Waals surface area contributed by atoms with Gasteiger partial charge in [-0.3, -0.25) is 4.79 Å². The number of nitrogens with zero attached hydrogens (tertiary/aromatic N) is 1. The second-order valence-electron chi connectivity index (χ2n) is 5.00. The molecular formula is C14H19NO4S. The van der Waals surface area contributed by atoms with Gasteiger partial charge in [-0.05, 0) is 25.0 Å². The van der Waals surface area contributed by atoms with Crippen molar-refractivity contribution in [3.63, 3.8) is 0 Å². The van der Waals surface area contributed by atoms with Crippen molar-refractivity contribution >= 4 is 15.7 Å². The molecule has 0 spiro atoms. The second kappa shape index (κ2) is 6.37. The molecule has 2 rings (SSSR count). The molecule has 0 bridgehead atoms. The molecule has 5 nitrogen and oxygen atoms in total. The van der Waals surface area contributed by atoms with Gasteiger partial charge in [0.05, 0.1) is 11.5 Å². The zero-order valence-electron chi connectivity index (χ0n) is 11.2. The predicted octanol–water partition coefficient (Wildman–Crippen LogP) is 0.698. The lowest BCUT2D eigenvalue weighted by Crippen LogP contribution is -2.42. The van der Waals surface area contributed by atoms with Crippen LogP contribution < -0.4 is 0 Å². The number of hydrogen-bond donors (Lipinski definition) is 1. The number of hydrogen-bond acceptors (Lipinski definition) is 4. The van der Waals surface area contributed by atoms with Crippen molar-refractivity contribution in [3.05, 3.63) is 35.9 Å². The summed E-state index contributed by atoms with van der Waals surface area (Å²) in [5, 5.41) is 8.96. The number of benzene rings is 1. The summed E-state index contributed by atoms with van der Waals surface area (Å²) in [4.78, 5) is 14.1. The summed E-state index contributed by atoms with van der Waals surface area (Å²) in [5.41, 5.74) is 0.551. The van der Waals surface area contributed by atoms with Crippen LogP contribution in [0.25, 0.3) is 0 Å². The molecule has 1 aromatic carbocycles. The van der Waals surface area contributed by atoms with Gasteiger partial charge in [-0.2, -0.15) is 0 Å². The lowest BCUT2D eigenvalue weighted by atomic mass is 10.1. The standard InChI is InChI=1S/C14H19NO4S/c16-9-4-8-15(13-7-10-20(18,19)11-13)14(17)12-5-2-1-3-6-12/h1-3,5-6,13,16H,4,7-11H2/t13-/m1/s1. The van der Waals surface area contributed by atoms with Gasteiger partial charge in [-0.15, -0.1) is 0 Å². The van der Waals surface area contributed by atoms with E-state index in [1.54, 1.807) is 29.2 Å². The molecule has 1 saturated heterocycles. The predicted molar refractivity (Wildman–Crippen MR) is 76.2 cm³/mol. The van der Waals surface area contributed by atoms with E-state index in [-0.39, 0.29) is 30.1 Å². The number of rotatable bonds is 5. The number of aliphatic hydroxyl groups excluding tert-OH is 1. The van der Waals surface area contributed by atoms with E-state index in [0.717, 1.165) is 0 Å². The van der Waals surface area contributed by atoms with Crippen LogP contribution in [0.3, 0.4) is 0 Å². The molecule has 1 N–H and O–H groups in total. The first kappa shape index (κ1) is 15.0. The molecule has 0 unspecified atom stereocenters. The molecule has 0 aromatic heterocycles. The summed E-state index contributed by atoms with van der Waals surface area (Å²) >= 11 is 0. The third-order valence-electron chi connectivity index (χ3n) is 3.49. The molecule has 1 aliphatic rings. The molecule has 110 valence electrons. The first-order valence-electron chi connectivity index (χ1n) is 6.71. The molecule has 0 aliphatic carbocycles. The Morgan fingerprint density at radius 2 is 2.00 bits per heavy atom. The van der Waals surface area contributed by atoms with Crippen LogP contribution in [0.15, 0.2) is 30.3 Å². The Labute approximate surface area is 119 Å². The van der Waals surface area contributed by atoms with Gasteiger partial charge in [-0.1, -0.05) is 18.2 Å². The molecule has 1 aromatic rings. The number of carbonyl (C=O) groups is 1. The molecule has 1 heterocycles. The quantitative estimate of drug-likeness (QED) is 0.868. The fourth-order valence-electron chi connectivity index (χ4n) is 2.46. The number of aliphatic hydroxyl groups is 1. The highest BCUT2D eigenvalue weighted by Crippen LogP contribution is 2.20. The Hall–Kier alpha value is -1.40. The number of carbonyl (C=O) groups excluding carboxylic acids is 1. The van der Waals surface area contributed by atoms with E-state index in [4.69, 9.17) is 5.11 Å². The summed E-state index contributed by atoms with van der Waals surface area (Å²) in [6.07, 6.45) is 0.932. The van der Waals surface area contributed by atoms with E-state index < -0.39 is 9.84 Å². The summed E-state index contributed by atoms with van der Waals surface area (Å²) in [5.74, 6) is -0.00651. The highest BCUT2D eigenvalue weighted by Gasteiger charge is 2.34. The zero-order chi connectivity index (χ0) is 14.6. The third-order valence-corrected chi connectivity index (χ3v) is 5.24. The summed E-state index contributed by atoms with van der Waals surface area (Å²) < 4.78 is 23.2. The van der Waals surface area contributed by atoms with Gasteiger partial charge in [0, 0.05) is 24.8 Å². The first-order valence-corrected chi connectivity index (χ1v) is 8.53. The number of sulfone groups is 1. The fraction of sp³-hybridized carbons (Fsp3) is 0.500. The maximum absolute atomic E-state index is 12.5. The van der Waals surface area contributed by atoms with Crippen LogP contribution in [0.1, 0.15) is 23.2 Å². The third kappa shape index (κ3) is 3.58. The summed E-state index contributed by atoms with van der Waals surface area (Å²) in [6.45, 7) is 0.364. The maximum Gasteiger partial charge on any atom is 0.254 e. The molecule has 1 atom stereocenters. The van der Waals surface area contributed by atoms with Gasteiger partial charge in [0.15, 0.2) is 9.84 Å². The first-order chi connectivity index (χ1) is 9.53. The van der Waals surface area contributed by atoms with Gasteiger partial charge in [0.1, 0.15) is 0 Å². The van der Waals surface area contributed by atoms with Gasteiger partial charge in [0.2, 0.25) is 0 Å². The summed E-state index contributed by atoms with van der Waals surface area (Å²) in [7, 11) is -3.04. The van der Waals surface area contributed by atoms with Crippen molar-refractivity contribution in [2.75, 3.05) is 24.7 Å². The molecule has 0 saturated carbocycles. The minimum atomic E-state index is -3.04. The van der Waals surface area contributed by atoms with Crippen LogP contribution in [-0.2, 0) is 9.84 Å². The van der Waals surface area contributed by atoms with Crippen molar-refractivity contribution in [3.8, 4) is 0 Å². The fourth-order valence-corrected chi connectivity index (χ4v) is 4.19. The van der Waals surface area contributed by atoms with Gasteiger partial charge in [-0.25, -0.2) is 8.42 Å². The van der Waals surface area contributed by atoms with E-state index in [9.17, 15) is 13.2 Å². The average Bonchev–Trinajstić information content (AvgIpc) is 2.80. The van der Waals surface area contributed by atoms with Crippen molar-refractivity contribution in [1.82, 2.24) is 4.90 Å². The summed E-state index contributed by atoms with van der Waals surface area (Å²) in [6, 6.07) is 8.55. The lowest BCUT2D eigenvalue weighted by Gasteiger charge is -2.28. The highest BCUT2D eigenvalue weighted by atomic mass is 32.2. The van der Waals surface area contributed by atoms with Crippen LogP contribution >= 0.6 is 0 Å². The second-order valence-corrected chi connectivity index (χ2v) is 7.23. The molecule has 20 heavy (non-hydrogen) atoms. The van der Waals surface area contributed by atoms with Crippen LogP contribution in [0.2, 0.25) is 0 Å². The van der Waals surface area contributed by atoms with Crippen LogP contribution in [0.5, 0.6) is 0 Å². The average molecular weight is 297 g/mol. The largest absolute Gasteiger partial charge is 0.396 e. The molecule has 1 amide bonds. The molecule has 0 radical (unpaired) electrons. The Morgan fingerprint density at radius 1 is 1.30 bits per heavy atom. The number of amides is 1. The van der Waals surface area contributed by atoms with E-state index in [2.05, 4.69) is 0 Å². The van der Waals surface area contributed by atoms with Crippen molar-refractivity contribution in [2.24, 2.45) is 0 Å². The molecule has 1 aliphatic heterocycles. The van der Waals surface area contributed by atoms with E-state index >= 15 is 0 Å². The van der Waals surface area contributed by atoms with Gasteiger partial charge in [0.25, 0.3) is 5.91 Å². The van der Waals surface area contributed by atoms with E-state index in [1.165, 1.54) is 0 Å². The Kier molecular flexibility index (Phi) is 4.77. The minimum absolute atomic E-state index is 0.0158. The van der Waals surface area contributed by atoms with Crippen LogP contribution in [-0.4, -0.2) is 55.0 Å². The molecular weight excluding hydrogens is 278 g/mol. The lowest BCUT2D eigenvalue weighted by molar-refractivity contribution is 0.0684. The van der Waals surface area contributed by atoms with Gasteiger partial charge < -0.3 is 10.0 Å². The maximum atomic E-state index is 12.5. The van der Waals surface area contributed by atoms with Crippen LogP contribution in [0, 0.1) is 0 Å². The highest BCUT2D eigenvalue weighted by molar-refractivity contribution is 7.91. The van der Waals surface area contributed by atoms with Crippen molar-refractivity contribution < 1.29 is 18.3 Å². The SMILES string of the molecule is O=C(c1ccccc1)N(CCCO)[C@@H]1CCS(=O)(=O)C1.